The summed E-state index contributed by atoms with van der Waals surface area (Å²) >= 11 is 12.3. The lowest BCUT2D eigenvalue weighted by Crippen LogP contribution is -2.01. The van der Waals surface area contributed by atoms with Gasteiger partial charge in [0.05, 0.1) is 31.7 Å². The molecule has 0 aliphatic rings. The zero-order valence-electron chi connectivity index (χ0n) is 6.07. The van der Waals surface area contributed by atoms with Gasteiger partial charge in [-0.25, -0.2) is 0 Å². The molecule has 0 aliphatic carbocycles. The summed E-state index contributed by atoms with van der Waals surface area (Å²) in [7, 11) is 0. The summed E-state index contributed by atoms with van der Waals surface area (Å²) in [6.07, 6.45) is 0. The Morgan fingerprint density at radius 1 is 0.583 bits per heavy atom. The first-order valence-electron chi connectivity index (χ1n) is 3.04. The summed E-state index contributed by atoms with van der Waals surface area (Å²) in [5.41, 5.74) is 18.0. The Balaban J connectivity index is 3.60. The summed E-state index contributed by atoms with van der Waals surface area (Å²) in [5.74, 6) is 0. The molecule has 6 heteroatoms. The second-order valence-electron chi connectivity index (χ2n) is 2.29. The number of rotatable bonds is 0. The maximum atomic E-state index is 5.61. The fraction of sp³-hybridized carbons (Fsp3) is 0. The van der Waals surface area contributed by atoms with E-state index in [4.69, 9.17) is 17.2 Å². The first-order valence-corrected chi connectivity index (χ1v) is 4.38. The number of benzene rings is 1. The first-order chi connectivity index (χ1) is 5.46. The number of anilines is 3. The number of hydrogen-bond donors (Lipinski definition) is 6. The van der Waals surface area contributed by atoms with Crippen LogP contribution in [0.15, 0.2) is 14.7 Å². The van der Waals surface area contributed by atoms with Gasteiger partial charge in [-0.2, -0.15) is 0 Å². The van der Waals surface area contributed by atoms with E-state index in [-0.39, 0.29) is 0 Å². The summed E-state index contributed by atoms with van der Waals surface area (Å²) in [4.78, 5) is 1.41. The molecule has 0 unspecified atom stereocenters. The molecule has 3 nitrogen and oxygen atoms in total. The van der Waals surface area contributed by atoms with Gasteiger partial charge in [-0.3, -0.25) is 0 Å². The van der Waals surface area contributed by atoms with E-state index in [1.165, 1.54) is 0 Å². The lowest BCUT2D eigenvalue weighted by atomic mass is 10.2. The van der Waals surface area contributed by atoms with E-state index in [1.807, 2.05) is 0 Å². The van der Waals surface area contributed by atoms with E-state index in [0.29, 0.717) is 31.7 Å². The quantitative estimate of drug-likeness (QED) is 0.294. The van der Waals surface area contributed by atoms with E-state index >= 15 is 0 Å². The monoisotopic (exact) mass is 219 g/mol. The van der Waals surface area contributed by atoms with Crippen LogP contribution in [-0.2, 0) is 0 Å². The van der Waals surface area contributed by atoms with Gasteiger partial charge in [-0.1, -0.05) is 0 Å². The number of thiol groups is 3. The molecule has 0 saturated carbocycles. The third-order valence-electron chi connectivity index (χ3n) is 1.53. The predicted molar refractivity (Wildman–Crippen MR) is 61.4 cm³/mol. The van der Waals surface area contributed by atoms with Crippen molar-refractivity contribution >= 4 is 54.9 Å². The van der Waals surface area contributed by atoms with Crippen molar-refractivity contribution in [1.29, 1.82) is 0 Å². The Bertz CT molecular complexity index is 232. The van der Waals surface area contributed by atoms with Gasteiger partial charge in [-0.15, -0.1) is 37.9 Å². The smallest absolute Gasteiger partial charge is 0.0628 e. The molecule has 6 N–H and O–H groups in total. The van der Waals surface area contributed by atoms with Crippen molar-refractivity contribution in [2.24, 2.45) is 0 Å². The molecule has 1 aromatic rings. The molecule has 1 aromatic carbocycles. The van der Waals surface area contributed by atoms with Crippen molar-refractivity contribution in [3.05, 3.63) is 0 Å². The molecule has 0 bridgehead atoms. The van der Waals surface area contributed by atoms with E-state index in [0.717, 1.165) is 0 Å². The fourth-order valence-corrected chi connectivity index (χ4v) is 1.71. The van der Waals surface area contributed by atoms with Crippen LogP contribution in [0.3, 0.4) is 0 Å². The van der Waals surface area contributed by atoms with Gasteiger partial charge in [0.15, 0.2) is 0 Å². The van der Waals surface area contributed by atoms with Gasteiger partial charge in [0.1, 0.15) is 0 Å². The average molecular weight is 219 g/mol. The van der Waals surface area contributed by atoms with E-state index in [2.05, 4.69) is 37.9 Å². The van der Waals surface area contributed by atoms with Crippen molar-refractivity contribution in [2.75, 3.05) is 17.2 Å². The number of hydrogen-bond acceptors (Lipinski definition) is 6. The van der Waals surface area contributed by atoms with Gasteiger partial charge < -0.3 is 17.2 Å². The molecule has 66 valence electrons. The molecule has 0 fully saturated rings. The molecule has 0 radical (unpaired) electrons. The largest absolute Gasteiger partial charge is 0.397 e. The highest BCUT2D eigenvalue weighted by Gasteiger charge is 2.12. The summed E-state index contributed by atoms with van der Waals surface area (Å²) in [5, 5.41) is 0. The maximum Gasteiger partial charge on any atom is 0.0628 e. The lowest BCUT2D eigenvalue weighted by Gasteiger charge is -2.12. The van der Waals surface area contributed by atoms with Gasteiger partial charge in [-0.05, 0) is 0 Å². The molecule has 0 atom stereocenters. The van der Waals surface area contributed by atoms with E-state index in [1.54, 1.807) is 0 Å². The van der Waals surface area contributed by atoms with Crippen LogP contribution < -0.4 is 17.2 Å². The van der Waals surface area contributed by atoms with Crippen molar-refractivity contribution < 1.29 is 0 Å². The molecule has 0 amide bonds. The van der Waals surface area contributed by atoms with Crippen molar-refractivity contribution in [3.63, 3.8) is 0 Å². The maximum absolute atomic E-state index is 5.61. The Labute approximate surface area is 86.9 Å². The SMILES string of the molecule is Nc1c(S)c(N)c(S)c(N)c1S. The van der Waals surface area contributed by atoms with Gasteiger partial charge in [0.2, 0.25) is 0 Å². The van der Waals surface area contributed by atoms with Crippen LogP contribution in [0.2, 0.25) is 0 Å². The van der Waals surface area contributed by atoms with Crippen LogP contribution in [0.25, 0.3) is 0 Å². The standard InChI is InChI=1S/C6H9N3S3/c7-1-4(10)2(8)6(12)3(9)5(1)11/h10-12H,7-9H2. The molecular formula is C6H9N3S3. The Hall–Kier alpha value is -0.330. The highest BCUT2D eigenvalue weighted by molar-refractivity contribution is 7.82. The Kier molecular flexibility index (Phi) is 2.60. The molecular weight excluding hydrogens is 210 g/mol. The third-order valence-corrected chi connectivity index (χ3v) is 2.98. The topological polar surface area (TPSA) is 78.1 Å². The molecule has 0 saturated heterocycles. The van der Waals surface area contributed by atoms with Crippen LogP contribution in [0, 0.1) is 0 Å². The van der Waals surface area contributed by atoms with Crippen molar-refractivity contribution in [1.82, 2.24) is 0 Å². The minimum atomic E-state index is 0.384. The van der Waals surface area contributed by atoms with E-state index < -0.39 is 0 Å². The van der Waals surface area contributed by atoms with Crippen molar-refractivity contribution in [2.45, 2.75) is 14.7 Å². The highest BCUT2D eigenvalue weighted by atomic mass is 32.1. The first kappa shape index (κ1) is 9.76. The van der Waals surface area contributed by atoms with Crippen LogP contribution in [-0.4, -0.2) is 0 Å². The summed E-state index contributed by atoms with van der Waals surface area (Å²) in [6.45, 7) is 0. The molecule has 12 heavy (non-hydrogen) atoms. The average Bonchev–Trinajstić information content (AvgIpc) is 2.08. The lowest BCUT2D eigenvalue weighted by molar-refractivity contribution is 1.28. The van der Waals surface area contributed by atoms with Crippen LogP contribution in [0.1, 0.15) is 0 Å². The molecule has 0 aromatic heterocycles. The predicted octanol–water partition coefficient (Wildman–Crippen LogP) is 1.30. The normalized spacial score (nSPS) is 10.2. The third kappa shape index (κ3) is 1.30. The summed E-state index contributed by atoms with van der Waals surface area (Å²) in [6, 6.07) is 0. The second kappa shape index (κ2) is 3.20. The van der Waals surface area contributed by atoms with Crippen molar-refractivity contribution in [3.8, 4) is 0 Å². The molecule has 0 heterocycles. The zero-order chi connectivity index (χ0) is 9.46. The van der Waals surface area contributed by atoms with E-state index in [9.17, 15) is 0 Å². The molecule has 0 spiro atoms. The zero-order valence-corrected chi connectivity index (χ0v) is 8.76. The van der Waals surface area contributed by atoms with Gasteiger partial charge in [0, 0.05) is 0 Å². The number of nitrogens with two attached hydrogens (primary N) is 3. The van der Waals surface area contributed by atoms with Gasteiger partial charge >= 0.3 is 0 Å². The Morgan fingerprint density at radius 3 is 0.917 bits per heavy atom. The minimum Gasteiger partial charge on any atom is -0.397 e. The Morgan fingerprint density at radius 2 is 0.750 bits per heavy atom. The second-order valence-corrected chi connectivity index (χ2v) is 3.63. The van der Waals surface area contributed by atoms with Crippen LogP contribution in [0.4, 0.5) is 17.1 Å². The minimum absolute atomic E-state index is 0.384. The fourth-order valence-electron chi connectivity index (χ4n) is 0.772. The van der Waals surface area contributed by atoms with Gasteiger partial charge in [0.25, 0.3) is 0 Å². The van der Waals surface area contributed by atoms with Crippen LogP contribution in [0.5, 0.6) is 0 Å². The molecule has 1 rings (SSSR count). The van der Waals surface area contributed by atoms with Crippen LogP contribution >= 0.6 is 37.9 Å². The molecule has 0 aliphatic heterocycles. The highest BCUT2D eigenvalue weighted by Crippen LogP contribution is 2.40. The summed E-state index contributed by atoms with van der Waals surface area (Å²) < 4.78 is 0. The number of nitrogen functional groups attached to an aromatic ring is 3.